The standard InChI is InChI=1S/C13H20O2.ClH/c1-12-3-9-2-10(4-12)6-13(5-9,8-12)7-11(14)15;/h9-10H,2-8H2,1H3,(H,14,15);1H. The zero-order valence-corrected chi connectivity index (χ0v) is 10.7. The van der Waals surface area contributed by atoms with E-state index >= 15 is 0 Å². The van der Waals surface area contributed by atoms with Crippen LogP contribution in [0.1, 0.15) is 51.9 Å². The fourth-order valence-corrected chi connectivity index (χ4v) is 5.46. The Labute approximate surface area is 103 Å². The van der Waals surface area contributed by atoms with Crippen LogP contribution in [0.15, 0.2) is 0 Å². The fraction of sp³-hybridized carbons (Fsp3) is 0.923. The third-order valence-corrected chi connectivity index (χ3v) is 5.00. The molecule has 0 heterocycles. The predicted molar refractivity (Wildman–Crippen MR) is 64.7 cm³/mol. The van der Waals surface area contributed by atoms with E-state index in [4.69, 9.17) is 5.11 Å². The molecule has 2 unspecified atom stereocenters. The quantitative estimate of drug-likeness (QED) is 0.808. The third kappa shape index (κ3) is 1.85. The van der Waals surface area contributed by atoms with E-state index in [9.17, 15) is 4.79 Å². The van der Waals surface area contributed by atoms with Crippen molar-refractivity contribution < 1.29 is 9.90 Å². The van der Waals surface area contributed by atoms with Crippen molar-refractivity contribution in [2.45, 2.75) is 51.9 Å². The molecule has 0 aromatic carbocycles. The molecule has 2 atom stereocenters. The Hall–Kier alpha value is -0.240. The summed E-state index contributed by atoms with van der Waals surface area (Å²) in [6.45, 7) is 2.39. The average molecular weight is 245 g/mol. The zero-order valence-electron chi connectivity index (χ0n) is 9.87. The fourth-order valence-electron chi connectivity index (χ4n) is 5.46. The minimum atomic E-state index is -0.583. The Kier molecular flexibility index (Phi) is 2.77. The molecule has 4 rings (SSSR count). The molecule has 0 aromatic rings. The number of halogens is 1. The first kappa shape index (κ1) is 12.2. The molecule has 0 radical (unpaired) electrons. The highest BCUT2D eigenvalue weighted by Crippen LogP contribution is 2.66. The Morgan fingerprint density at radius 3 is 2.25 bits per heavy atom. The van der Waals surface area contributed by atoms with Crippen molar-refractivity contribution in [2.75, 3.05) is 0 Å². The molecule has 2 nitrogen and oxygen atoms in total. The van der Waals surface area contributed by atoms with Gasteiger partial charge in [-0.15, -0.1) is 12.4 Å². The summed E-state index contributed by atoms with van der Waals surface area (Å²) in [5, 5.41) is 9.06. The van der Waals surface area contributed by atoms with Gasteiger partial charge in [0.05, 0.1) is 6.42 Å². The first-order valence-corrected chi connectivity index (χ1v) is 6.21. The van der Waals surface area contributed by atoms with Gasteiger partial charge in [0.25, 0.3) is 0 Å². The van der Waals surface area contributed by atoms with Crippen molar-refractivity contribution in [1.82, 2.24) is 0 Å². The second-order valence-electron chi connectivity index (χ2n) is 6.84. The summed E-state index contributed by atoms with van der Waals surface area (Å²) >= 11 is 0. The van der Waals surface area contributed by atoms with Gasteiger partial charge >= 0.3 is 5.97 Å². The van der Waals surface area contributed by atoms with Gasteiger partial charge in [-0.3, -0.25) is 4.79 Å². The van der Waals surface area contributed by atoms with Crippen LogP contribution in [0.25, 0.3) is 0 Å². The number of hydrogen-bond acceptors (Lipinski definition) is 1. The Morgan fingerprint density at radius 1 is 1.25 bits per heavy atom. The molecule has 92 valence electrons. The maximum Gasteiger partial charge on any atom is 0.303 e. The van der Waals surface area contributed by atoms with E-state index in [1.54, 1.807) is 0 Å². The SMILES string of the molecule is CC12CC3CC(C1)CC(CC(=O)O)(C3)C2.Cl. The molecule has 4 bridgehead atoms. The molecule has 3 heteroatoms. The lowest BCUT2D eigenvalue weighted by Gasteiger charge is -2.61. The van der Waals surface area contributed by atoms with Crippen LogP contribution in [0.4, 0.5) is 0 Å². The van der Waals surface area contributed by atoms with Crippen LogP contribution in [-0.4, -0.2) is 11.1 Å². The molecule has 1 N–H and O–H groups in total. The van der Waals surface area contributed by atoms with Gasteiger partial charge in [0.1, 0.15) is 0 Å². The minimum Gasteiger partial charge on any atom is -0.481 e. The molecule has 16 heavy (non-hydrogen) atoms. The summed E-state index contributed by atoms with van der Waals surface area (Å²) < 4.78 is 0. The summed E-state index contributed by atoms with van der Waals surface area (Å²) in [6, 6.07) is 0. The lowest BCUT2D eigenvalue weighted by Crippen LogP contribution is -2.51. The topological polar surface area (TPSA) is 37.3 Å². The van der Waals surface area contributed by atoms with Crippen LogP contribution in [-0.2, 0) is 4.79 Å². The average Bonchev–Trinajstić information content (AvgIpc) is 1.94. The van der Waals surface area contributed by atoms with Gasteiger partial charge in [-0.25, -0.2) is 0 Å². The zero-order chi connectivity index (χ0) is 10.7. The predicted octanol–water partition coefficient (Wildman–Crippen LogP) is 3.49. The lowest BCUT2D eigenvalue weighted by molar-refractivity contribution is -0.150. The van der Waals surface area contributed by atoms with Crippen LogP contribution < -0.4 is 0 Å². The molecule has 4 aliphatic rings. The van der Waals surface area contributed by atoms with Gasteiger partial charge in [0.2, 0.25) is 0 Å². The second kappa shape index (κ2) is 3.63. The van der Waals surface area contributed by atoms with Crippen molar-refractivity contribution >= 4 is 18.4 Å². The van der Waals surface area contributed by atoms with E-state index in [1.807, 2.05) is 0 Å². The normalized spacial score (nSPS) is 48.8. The van der Waals surface area contributed by atoms with E-state index in [1.165, 1.54) is 38.5 Å². The van der Waals surface area contributed by atoms with Gasteiger partial charge in [-0.05, 0) is 61.2 Å². The molecular weight excluding hydrogens is 224 g/mol. The number of carbonyl (C=O) groups is 1. The van der Waals surface area contributed by atoms with Gasteiger partial charge in [-0.2, -0.15) is 0 Å². The van der Waals surface area contributed by atoms with Crippen molar-refractivity contribution in [1.29, 1.82) is 0 Å². The molecule has 0 amide bonds. The monoisotopic (exact) mass is 244 g/mol. The number of hydrogen-bond donors (Lipinski definition) is 1. The number of carboxylic acids is 1. The lowest BCUT2D eigenvalue weighted by atomic mass is 9.44. The first-order chi connectivity index (χ1) is 6.99. The van der Waals surface area contributed by atoms with Crippen LogP contribution >= 0.6 is 12.4 Å². The molecule has 0 saturated heterocycles. The van der Waals surface area contributed by atoms with Gasteiger partial charge < -0.3 is 5.11 Å². The maximum absolute atomic E-state index is 11.0. The van der Waals surface area contributed by atoms with Crippen LogP contribution in [0.3, 0.4) is 0 Å². The summed E-state index contributed by atoms with van der Waals surface area (Å²) in [6.07, 6.45) is 8.12. The maximum atomic E-state index is 11.0. The molecule has 0 aromatic heterocycles. The highest BCUT2D eigenvalue weighted by Gasteiger charge is 2.56. The summed E-state index contributed by atoms with van der Waals surface area (Å²) in [7, 11) is 0. The first-order valence-electron chi connectivity index (χ1n) is 6.21. The highest BCUT2D eigenvalue weighted by atomic mass is 35.5. The largest absolute Gasteiger partial charge is 0.481 e. The number of aliphatic carboxylic acids is 1. The van der Waals surface area contributed by atoms with E-state index in [-0.39, 0.29) is 17.8 Å². The van der Waals surface area contributed by atoms with Gasteiger partial charge in [0.15, 0.2) is 0 Å². The molecule has 4 saturated carbocycles. The van der Waals surface area contributed by atoms with Crippen molar-refractivity contribution in [3.63, 3.8) is 0 Å². The summed E-state index contributed by atoms with van der Waals surface area (Å²) in [5.41, 5.74) is 0.671. The van der Waals surface area contributed by atoms with Crippen molar-refractivity contribution in [3.05, 3.63) is 0 Å². The number of carboxylic acid groups (broad SMARTS) is 1. The Morgan fingerprint density at radius 2 is 1.81 bits per heavy atom. The minimum absolute atomic E-state index is 0. The van der Waals surface area contributed by atoms with Gasteiger partial charge in [0, 0.05) is 0 Å². The van der Waals surface area contributed by atoms with Crippen LogP contribution in [0.5, 0.6) is 0 Å². The molecule has 0 spiro atoms. The molecule has 0 aliphatic heterocycles. The molecular formula is C13H21ClO2. The second-order valence-corrected chi connectivity index (χ2v) is 6.84. The third-order valence-electron chi connectivity index (χ3n) is 5.00. The number of rotatable bonds is 2. The Balaban J connectivity index is 0.000000963. The van der Waals surface area contributed by atoms with Crippen LogP contribution in [0.2, 0.25) is 0 Å². The summed E-state index contributed by atoms with van der Waals surface area (Å²) in [4.78, 5) is 11.0. The van der Waals surface area contributed by atoms with E-state index in [0.29, 0.717) is 11.8 Å². The van der Waals surface area contributed by atoms with Crippen molar-refractivity contribution in [2.24, 2.45) is 22.7 Å². The Bertz CT molecular complexity index is 299. The van der Waals surface area contributed by atoms with Gasteiger partial charge in [-0.1, -0.05) is 6.92 Å². The molecule has 4 aliphatic carbocycles. The summed E-state index contributed by atoms with van der Waals surface area (Å²) in [5.74, 6) is 1.10. The van der Waals surface area contributed by atoms with E-state index in [0.717, 1.165) is 11.8 Å². The smallest absolute Gasteiger partial charge is 0.303 e. The van der Waals surface area contributed by atoms with Crippen molar-refractivity contribution in [3.8, 4) is 0 Å². The molecule has 4 fully saturated rings. The van der Waals surface area contributed by atoms with Crippen LogP contribution in [0, 0.1) is 22.7 Å². The van der Waals surface area contributed by atoms with E-state index in [2.05, 4.69) is 6.92 Å². The van der Waals surface area contributed by atoms with E-state index < -0.39 is 5.97 Å². The highest BCUT2D eigenvalue weighted by molar-refractivity contribution is 5.85.